The predicted molar refractivity (Wildman–Crippen MR) is 403 cm³/mol. The molecule has 18 rings (SSSR count). The predicted octanol–water partition coefficient (Wildman–Crippen LogP) is 14.8. The van der Waals surface area contributed by atoms with Gasteiger partial charge in [-0.3, -0.25) is 14.4 Å². The molecule has 8 aromatic heterocycles. The number of aromatic nitrogens is 8. The molecule has 4 aromatic carbocycles. The maximum absolute atomic E-state index is 14.2. The monoisotopic (exact) mass is 1420 g/mol. The van der Waals surface area contributed by atoms with Crippen LogP contribution in [0.2, 0.25) is 0 Å². The first-order valence-corrected chi connectivity index (χ1v) is 36.6. The lowest BCUT2D eigenvalue weighted by Gasteiger charge is -2.47. The highest BCUT2D eigenvalue weighted by molar-refractivity contribution is 7.17. The van der Waals surface area contributed by atoms with Crippen LogP contribution in [0.1, 0.15) is 88.3 Å². The minimum atomic E-state index is -0.729. The van der Waals surface area contributed by atoms with Crippen LogP contribution >= 0.6 is 11.3 Å². The van der Waals surface area contributed by atoms with Crippen LogP contribution in [0.4, 0.5) is 34.5 Å². The lowest BCUT2D eigenvalue weighted by Crippen LogP contribution is -2.55. The molecule has 0 spiro atoms. The van der Waals surface area contributed by atoms with Gasteiger partial charge in [-0.15, -0.1) is 11.3 Å². The molecule has 8 unspecified atom stereocenters. The summed E-state index contributed by atoms with van der Waals surface area (Å²) in [5, 5.41) is 16.2. The van der Waals surface area contributed by atoms with E-state index in [2.05, 4.69) is 113 Å². The number of methoxy groups -OCH3 is 3. The van der Waals surface area contributed by atoms with Crippen LogP contribution < -0.4 is 44.4 Å². The summed E-state index contributed by atoms with van der Waals surface area (Å²) in [6.07, 6.45) is 22.9. The van der Waals surface area contributed by atoms with E-state index >= 15 is 0 Å². The number of nitrogens with one attached hydrogen (secondary N) is 3. The van der Waals surface area contributed by atoms with Gasteiger partial charge < -0.3 is 67.9 Å². The third kappa shape index (κ3) is 11.1. The molecule has 6 aliphatic rings. The van der Waals surface area contributed by atoms with Gasteiger partial charge in [0.25, 0.3) is 0 Å². The summed E-state index contributed by atoms with van der Waals surface area (Å²) < 4.78 is 44.3. The molecule has 0 radical (unpaired) electrons. The van der Waals surface area contributed by atoms with E-state index < -0.39 is 11.1 Å². The number of piperidine rings is 3. The summed E-state index contributed by atoms with van der Waals surface area (Å²) in [4.78, 5) is 75.3. The van der Waals surface area contributed by atoms with Gasteiger partial charge in [0.15, 0.2) is 34.5 Å². The molecular weight excluding hydrogens is 1350 g/mol. The minimum absolute atomic E-state index is 0.0234. The van der Waals surface area contributed by atoms with Crippen LogP contribution in [0.25, 0.3) is 53.8 Å². The van der Waals surface area contributed by atoms with Gasteiger partial charge in [0.05, 0.1) is 60.2 Å². The van der Waals surface area contributed by atoms with Gasteiger partial charge in [0.2, 0.25) is 17.7 Å². The van der Waals surface area contributed by atoms with E-state index in [0.717, 1.165) is 107 Å². The van der Waals surface area contributed by atoms with E-state index in [9.17, 15) is 14.4 Å². The standard InChI is InChI=1S/C81H76N14O9S/c1-7-74(96)93-51-13-14-52(93)31-55(30-51)102-69-34-60-64(37-66(69)99-4)84-45-87-79(60)90-49-12-16-65-61(21-25-91(65)42-49)80-23-18-53(94(80)75(97)8-2)32-56(40-80)103-70-36-59-63(39-67(70)100-5)83-44-86-78(59)89-48-20-26-92-50(28-48)15-17-73(92)81-24-19-54(95(81)76(98)9-3)33-57(41-81)104-71-35-58-62(38-68(71)101-6)82-43-85-77(58)88-47-11-10-46-22-27-105-72(46)29-47/h7-12,15-17,20-22,25-29,34-39,42-45,51-57H,1-3,13-14,18-19,23-24,30-33,40-41H2,4-6H3,(H,82,85,88)(H,83,86,89)(H,84,87,90). The first kappa shape index (κ1) is 65.2. The van der Waals surface area contributed by atoms with Crippen molar-refractivity contribution in [2.45, 2.75) is 131 Å². The zero-order chi connectivity index (χ0) is 71.4. The van der Waals surface area contributed by atoms with Gasteiger partial charge in [-0.1, -0.05) is 25.8 Å². The highest BCUT2D eigenvalue weighted by Crippen LogP contribution is 2.56. The molecule has 12 aromatic rings. The second-order valence-electron chi connectivity index (χ2n) is 28.3. The molecule has 105 heavy (non-hydrogen) atoms. The number of amides is 3. The number of fused-ring (bicyclic) bond motifs is 12. The van der Waals surface area contributed by atoms with Gasteiger partial charge >= 0.3 is 0 Å². The number of carbonyl (C=O) groups excluding carboxylic acids is 3. The number of nitrogens with zero attached hydrogens (tertiary/aromatic N) is 11. The Balaban J connectivity index is 0.598. The number of hydrogen-bond acceptors (Lipinski definition) is 19. The number of thiophene rings is 1. The van der Waals surface area contributed by atoms with Gasteiger partial charge in [-0.2, -0.15) is 0 Å². The zero-order valence-electron chi connectivity index (χ0n) is 58.2. The van der Waals surface area contributed by atoms with Gasteiger partial charge in [0, 0.05) is 148 Å². The summed E-state index contributed by atoms with van der Waals surface area (Å²) in [7, 11) is 4.88. The maximum Gasteiger partial charge on any atom is 0.246 e. The number of anilines is 6. The Morgan fingerprint density at radius 3 is 1.59 bits per heavy atom. The fraction of sp³-hybridized carbons (Fsp3) is 0.296. The molecule has 3 N–H and O–H groups in total. The second kappa shape index (κ2) is 25.9. The third-order valence-corrected chi connectivity index (χ3v) is 23.6. The van der Waals surface area contributed by atoms with Crippen LogP contribution in [-0.4, -0.2) is 135 Å². The summed E-state index contributed by atoms with van der Waals surface area (Å²) in [5.74, 6) is 4.86. The Kier molecular flexibility index (Phi) is 16.1. The van der Waals surface area contributed by atoms with Crippen molar-refractivity contribution in [3.05, 3.63) is 195 Å². The largest absolute Gasteiger partial charge is 0.493 e. The molecule has 24 heteroatoms. The summed E-state index contributed by atoms with van der Waals surface area (Å²) in [6.45, 7) is 11.7. The van der Waals surface area contributed by atoms with Gasteiger partial charge in [0.1, 0.15) is 54.7 Å². The molecule has 6 bridgehead atoms. The van der Waals surface area contributed by atoms with Gasteiger partial charge in [-0.25, -0.2) is 29.9 Å². The normalized spacial score (nSPS) is 23.1. The van der Waals surface area contributed by atoms with E-state index in [1.54, 1.807) is 39.0 Å². The Morgan fingerprint density at radius 1 is 0.505 bits per heavy atom. The molecule has 23 nitrogen and oxygen atoms in total. The lowest BCUT2D eigenvalue weighted by atomic mass is 9.80. The van der Waals surface area contributed by atoms with Crippen molar-refractivity contribution < 1.29 is 42.8 Å². The van der Waals surface area contributed by atoms with Crippen molar-refractivity contribution in [1.82, 2.24) is 53.4 Å². The number of carbonyl (C=O) groups is 3. The second-order valence-corrected chi connectivity index (χ2v) is 29.3. The van der Waals surface area contributed by atoms with Crippen LogP contribution in [0.15, 0.2) is 184 Å². The van der Waals surface area contributed by atoms with Crippen LogP contribution in [0.5, 0.6) is 34.5 Å². The number of benzene rings is 4. The summed E-state index contributed by atoms with van der Waals surface area (Å²) in [6, 6.07) is 34.4. The molecule has 3 amide bonds. The molecule has 0 aliphatic carbocycles. The van der Waals surface area contributed by atoms with Crippen LogP contribution in [0.3, 0.4) is 0 Å². The summed E-state index contributed by atoms with van der Waals surface area (Å²) in [5.41, 5.74) is 6.92. The molecule has 8 atom stereocenters. The smallest absolute Gasteiger partial charge is 0.246 e. The number of hydrogen-bond donors (Lipinski definition) is 3. The minimum Gasteiger partial charge on any atom is -0.493 e. The fourth-order valence-electron chi connectivity index (χ4n) is 18.3. The Labute approximate surface area is 608 Å². The fourth-order valence-corrected chi connectivity index (χ4v) is 19.2. The van der Waals surface area contributed by atoms with E-state index in [4.69, 9.17) is 43.4 Å². The molecule has 6 aliphatic heterocycles. The first-order valence-electron chi connectivity index (χ1n) is 35.7. The Hall–Kier alpha value is -11.8. The SMILES string of the molecule is C=CC(=O)N1C2CCC1CC(Oc1cc3c(Nc4ccc5c(C67CCC(CC(Oc8cc9c(Nc%10ccn%11c(C%12%13CCC(CC(Oc%14cc%15c(Nc%16ccc%17ccsc%17c%16)ncnc%15cc%14OC)C%12)N%13C(=O)C=C)ccc%11c%10)ncnc9cc8OC)C6)N7C(=O)C=C)ccn5c4)ncnc3cc1OC)C2. The molecule has 0 saturated carbocycles. The first-order chi connectivity index (χ1) is 51.3. The highest BCUT2D eigenvalue weighted by Gasteiger charge is 2.58. The van der Waals surface area contributed by atoms with E-state index in [0.29, 0.717) is 94.2 Å². The van der Waals surface area contributed by atoms with Crippen LogP contribution in [-0.2, 0) is 25.5 Å². The van der Waals surface area contributed by atoms with Gasteiger partial charge in [-0.05, 0) is 146 Å². The van der Waals surface area contributed by atoms with Crippen molar-refractivity contribution in [2.75, 3.05) is 37.3 Å². The number of ether oxygens (including phenoxy) is 6. The van der Waals surface area contributed by atoms with E-state index in [1.165, 1.54) is 41.0 Å². The quantitative estimate of drug-likeness (QED) is 0.0601. The van der Waals surface area contributed by atoms with E-state index in [1.807, 2.05) is 87.9 Å². The van der Waals surface area contributed by atoms with Crippen molar-refractivity contribution in [3.63, 3.8) is 0 Å². The number of rotatable bonds is 20. The van der Waals surface area contributed by atoms with Crippen molar-refractivity contribution >= 4 is 117 Å². The maximum atomic E-state index is 14.2. The van der Waals surface area contributed by atoms with Crippen molar-refractivity contribution in [3.8, 4) is 34.5 Å². The zero-order valence-corrected chi connectivity index (χ0v) is 59.1. The average molecular weight is 1420 g/mol. The van der Waals surface area contributed by atoms with Crippen molar-refractivity contribution in [1.29, 1.82) is 0 Å². The Morgan fingerprint density at radius 2 is 1.02 bits per heavy atom. The molecule has 6 fully saturated rings. The molecular formula is C81H76N14O9S. The lowest BCUT2D eigenvalue weighted by molar-refractivity contribution is -0.139. The topological polar surface area (TPSA) is 239 Å². The molecule has 530 valence electrons. The molecule has 6 saturated heterocycles. The number of pyridine rings is 2. The molecule has 14 heterocycles. The van der Waals surface area contributed by atoms with Crippen LogP contribution in [0, 0.1) is 0 Å². The van der Waals surface area contributed by atoms with Crippen molar-refractivity contribution in [2.24, 2.45) is 0 Å². The average Bonchev–Trinajstić information content (AvgIpc) is 1.57. The Bertz CT molecular complexity index is 5550. The highest BCUT2D eigenvalue weighted by atomic mass is 32.1. The third-order valence-electron chi connectivity index (χ3n) is 22.8. The summed E-state index contributed by atoms with van der Waals surface area (Å²) >= 11 is 1.69. The van der Waals surface area contributed by atoms with E-state index in [-0.39, 0.29) is 60.2 Å².